The summed E-state index contributed by atoms with van der Waals surface area (Å²) in [5.74, 6) is 2.30. The number of thioether (sulfide) groups is 1. The summed E-state index contributed by atoms with van der Waals surface area (Å²) in [5.41, 5.74) is 0. The Bertz CT molecular complexity index is 131. The van der Waals surface area contributed by atoms with Gasteiger partial charge in [0.05, 0.1) is 13.2 Å². The average Bonchev–Trinajstić information content (AvgIpc) is 2.15. The van der Waals surface area contributed by atoms with Gasteiger partial charge in [-0.3, -0.25) is 0 Å². The van der Waals surface area contributed by atoms with E-state index in [4.69, 9.17) is 9.47 Å². The van der Waals surface area contributed by atoms with Crippen LogP contribution in [0.25, 0.3) is 0 Å². The van der Waals surface area contributed by atoms with Crippen LogP contribution in [0.3, 0.4) is 0 Å². The van der Waals surface area contributed by atoms with E-state index >= 15 is 0 Å². The maximum Gasteiger partial charge on any atom is 0.159 e. The molecule has 13 heavy (non-hydrogen) atoms. The zero-order valence-corrected chi connectivity index (χ0v) is 9.60. The lowest BCUT2D eigenvalue weighted by Crippen LogP contribution is -2.35. The van der Waals surface area contributed by atoms with Crippen LogP contribution in [0.5, 0.6) is 0 Å². The van der Waals surface area contributed by atoms with Gasteiger partial charge in [-0.05, 0) is 18.4 Å². The first-order valence-corrected chi connectivity index (χ1v) is 6.35. The third-order valence-corrected chi connectivity index (χ3v) is 2.91. The molecule has 78 valence electrons. The molecule has 0 aromatic rings. The third kappa shape index (κ3) is 3.88. The van der Waals surface area contributed by atoms with E-state index < -0.39 is 0 Å². The monoisotopic (exact) mass is 204 g/mol. The number of ether oxygens (including phenoxy) is 2. The molecule has 1 fully saturated rings. The molecule has 1 heterocycles. The third-order valence-electron chi connectivity index (χ3n) is 2.27. The summed E-state index contributed by atoms with van der Waals surface area (Å²) < 4.78 is 11.2. The van der Waals surface area contributed by atoms with Gasteiger partial charge in [0.1, 0.15) is 0 Å². The highest BCUT2D eigenvalue weighted by Crippen LogP contribution is 2.20. The number of hydrogen-bond acceptors (Lipinski definition) is 3. The zero-order chi connectivity index (χ0) is 9.68. The number of rotatable bonds is 4. The minimum absolute atomic E-state index is 0.0329. The first-order chi connectivity index (χ1) is 6.24. The van der Waals surface area contributed by atoms with E-state index in [-0.39, 0.29) is 6.29 Å². The molecular weight excluding hydrogens is 184 g/mol. The average molecular weight is 204 g/mol. The van der Waals surface area contributed by atoms with Gasteiger partial charge in [-0.2, -0.15) is 11.8 Å². The lowest BCUT2D eigenvalue weighted by molar-refractivity contribution is -0.219. The van der Waals surface area contributed by atoms with E-state index in [2.05, 4.69) is 20.1 Å². The Balaban J connectivity index is 2.15. The van der Waals surface area contributed by atoms with Crippen LogP contribution in [0.2, 0.25) is 0 Å². The molecule has 2 nitrogen and oxygen atoms in total. The van der Waals surface area contributed by atoms with Crippen LogP contribution in [0.15, 0.2) is 0 Å². The van der Waals surface area contributed by atoms with Gasteiger partial charge in [0, 0.05) is 11.8 Å². The Hall–Kier alpha value is 0.270. The Morgan fingerprint density at radius 1 is 1.31 bits per heavy atom. The van der Waals surface area contributed by atoms with Crippen molar-refractivity contribution < 1.29 is 9.47 Å². The Kier molecular flexibility index (Phi) is 5.14. The van der Waals surface area contributed by atoms with Gasteiger partial charge in [0.2, 0.25) is 0 Å². The smallest absolute Gasteiger partial charge is 0.159 e. The predicted molar refractivity (Wildman–Crippen MR) is 57.0 cm³/mol. The molecule has 0 unspecified atom stereocenters. The lowest BCUT2D eigenvalue weighted by Gasteiger charge is -2.31. The Labute approximate surface area is 85.4 Å². The molecule has 0 radical (unpaired) electrons. The molecule has 1 aliphatic heterocycles. The molecule has 0 aromatic heterocycles. The van der Waals surface area contributed by atoms with Crippen molar-refractivity contribution in [1.29, 1.82) is 0 Å². The lowest BCUT2D eigenvalue weighted by atomic mass is 10.1. The molecule has 3 heteroatoms. The van der Waals surface area contributed by atoms with Gasteiger partial charge >= 0.3 is 0 Å². The molecule has 0 spiro atoms. The van der Waals surface area contributed by atoms with Crippen LogP contribution >= 0.6 is 11.8 Å². The molecule has 0 amide bonds. The van der Waals surface area contributed by atoms with Crippen molar-refractivity contribution in [2.75, 3.05) is 25.2 Å². The summed E-state index contributed by atoms with van der Waals surface area (Å²) >= 11 is 1.89. The molecule has 0 bridgehead atoms. The maximum absolute atomic E-state index is 5.62. The summed E-state index contributed by atoms with van der Waals surface area (Å²) in [6, 6.07) is 0. The first kappa shape index (κ1) is 11.3. The van der Waals surface area contributed by atoms with Crippen LogP contribution < -0.4 is 0 Å². The van der Waals surface area contributed by atoms with Crippen LogP contribution in [-0.4, -0.2) is 31.5 Å². The van der Waals surface area contributed by atoms with Gasteiger partial charge in [-0.15, -0.1) is 0 Å². The van der Waals surface area contributed by atoms with Crippen molar-refractivity contribution in [1.82, 2.24) is 0 Å². The molecule has 0 atom stereocenters. The highest BCUT2D eigenvalue weighted by Gasteiger charge is 2.23. The van der Waals surface area contributed by atoms with Crippen LogP contribution in [0.1, 0.15) is 20.3 Å². The highest BCUT2D eigenvalue weighted by atomic mass is 32.2. The fourth-order valence-corrected chi connectivity index (χ4v) is 1.96. The number of hydrogen-bond donors (Lipinski definition) is 0. The van der Waals surface area contributed by atoms with Crippen molar-refractivity contribution in [3.63, 3.8) is 0 Å². The van der Waals surface area contributed by atoms with Crippen molar-refractivity contribution in [3.05, 3.63) is 0 Å². The molecule has 0 saturated carbocycles. The van der Waals surface area contributed by atoms with Crippen LogP contribution in [0.4, 0.5) is 0 Å². The van der Waals surface area contributed by atoms with E-state index in [0.717, 1.165) is 13.2 Å². The molecule has 0 aromatic carbocycles. The second-order valence-corrected chi connectivity index (χ2v) is 4.91. The van der Waals surface area contributed by atoms with Crippen LogP contribution in [0, 0.1) is 11.8 Å². The minimum Gasteiger partial charge on any atom is -0.352 e. The fourth-order valence-electron chi connectivity index (χ4n) is 1.39. The van der Waals surface area contributed by atoms with Gasteiger partial charge in [-0.25, -0.2) is 0 Å². The molecule has 1 rings (SSSR count). The summed E-state index contributed by atoms with van der Waals surface area (Å²) in [6.45, 7) is 6.02. The van der Waals surface area contributed by atoms with Crippen molar-refractivity contribution in [2.45, 2.75) is 26.6 Å². The fraction of sp³-hybridized carbons (Fsp3) is 1.00. The van der Waals surface area contributed by atoms with E-state index in [0.29, 0.717) is 11.8 Å². The highest BCUT2D eigenvalue weighted by molar-refractivity contribution is 7.98. The van der Waals surface area contributed by atoms with E-state index in [1.165, 1.54) is 12.2 Å². The van der Waals surface area contributed by atoms with E-state index in [1.54, 1.807) is 0 Å². The van der Waals surface area contributed by atoms with E-state index in [1.807, 2.05) is 11.8 Å². The molecular formula is C10H20O2S. The first-order valence-electron chi connectivity index (χ1n) is 4.96. The van der Waals surface area contributed by atoms with Gasteiger partial charge in [0.15, 0.2) is 6.29 Å². The van der Waals surface area contributed by atoms with Crippen LogP contribution in [-0.2, 0) is 9.47 Å². The summed E-state index contributed by atoms with van der Waals surface area (Å²) in [4.78, 5) is 0. The normalized spacial score (nSPS) is 29.5. The topological polar surface area (TPSA) is 18.5 Å². The van der Waals surface area contributed by atoms with Gasteiger partial charge in [0.25, 0.3) is 0 Å². The summed E-state index contributed by atoms with van der Waals surface area (Å²) in [6.07, 6.45) is 3.39. The Morgan fingerprint density at radius 2 is 1.92 bits per heavy atom. The van der Waals surface area contributed by atoms with Crippen molar-refractivity contribution in [2.24, 2.45) is 11.8 Å². The standard InChI is InChI=1S/C10H20O2S/c1-8(2)10-11-6-9(7-12-10)4-5-13-3/h8-10H,4-7H2,1-3H3. The second kappa shape index (κ2) is 5.89. The molecule has 1 saturated heterocycles. The minimum atomic E-state index is 0.0329. The molecule has 1 aliphatic rings. The largest absolute Gasteiger partial charge is 0.352 e. The van der Waals surface area contributed by atoms with E-state index in [9.17, 15) is 0 Å². The van der Waals surface area contributed by atoms with Crippen molar-refractivity contribution in [3.8, 4) is 0 Å². The van der Waals surface area contributed by atoms with Gasteiger partial charge < -0.3 is 9.47 Å². The summed E-state index contributed by atoms with van der Waals surface area (Å²) in [7, 11) is 0. The SMILES string of the molecule is CSCCC1COC(C(C)C)OC1. The quantitative estimate of drug-likeness (QED) is 0.700. The van der Waals surface area contributed by atoms with Gasteiger partial charge in [-0.1, -0.05) is 13.8 Å². The van der Waals surface area contributed by atoms with Crippen molar-refractivity contribution >= 4 is 11.8 Å². The maximum atomic E-state index is 5.62. The molecule has 0 aliphatic carbocycles. The Morgan fingerprint density at radius 3 is 2.38 bits per heavy atom. The molecule has 0 N–H and O–H groups in total. The second-order valence-electron chi connectivity index (χ2n) is 3.93. The summed E-state index contributed by atoms with van der Waals surface area (Å²) in [5, 5.41) is 0. The predicted octanol–water partition coefficient (Wildman–Crippen LogP) is 2.38. The zero-order valence-electron chi connectivity index (χ0n) is 8.79.